The third kappa shape index (κ3) is 5.03. The Hall–Kier alpha value is -3.48. The lowest BCUT2D eigenvalue weighted by atomic mass is 10.1. The number of hydrogen-bond acceptors (Lipinski definition) is 8. The number of aryl methyl sites for hydroxylation is 1. The summed E-state index contributed by atoms with van der Waals surface area (Å²) in [7, 11) is 0. The number of nitrogens with zero attached hydrogens (tertiary/aromatic N) is 3. The van der Waals surface area contributed by atoms with Gasteiger partial charge in [-0.1, -0.05) is 6.92 Å². The third-order valence-corrected chi connectivity index (χ3v) is 5.74. The minimum absolute atomic E-state index is 0.0103. The van der Waals surface area contributed by atoms with E-state index in [1.165, 1.54) is 13.8 Å². The number of carbonyl (C=O) groups excluding carboxylic acids is 3. The number of thiophene rings is 1. The van der Waals surface area contributed by atoms with E-state index in [1.54, 1.807) is 13.8 Å². The molecule has 0 radical (unpaired) electrons. The van der Waals surface area contributed by atoms with Crippen LogP contribution in [0.1, 0.15) is 67.7 Å². The molecular formula is C21H21F3N4O5S. The number of amides is 1. The molecule has 0 aliphatic rings. The number of anilines is 1. The van der Waals surface area contributed by atoms with Crippen LogP contribution in [0.3, 0.4) is 0 Å². The molecule has 0 fully saturated rings. The SMILES string of the molecule is CCCOC(=O)c1c(NC(=O)c2cc3nc(C)cc(C(F)(F)F)n3n2)sc(C(=O)OCC)c1C. The van der Waals surface area contributed by atoms with Crippen molar-refractivity contribution in [2.75, 3.05) is 18.5 Å². The molecule has 0 aromatic carbocycles. The van der Waals surface area contributed by atoms with Gasteiger partial charge >= 0.3 is 18.1 Å². The Kier molecular flexibility index (Phi) is 7.24. The Morgan fingerprint density at radius 1 is 1.12 bits per heavy atom. The van der Waals surface area contributed by atoms with Crippen LogP contribution in [-0.2, 0) is 15.7 Å². The number of ether oxygens (including phenoxy) is 2. The standard InChI is InChI=1S/C21H21F3N4O5S/c1-5-7-33-19(30)15-11(4)16(20(31)32-6-2)34-18(15)26-17(29)12-9-14-25-10(3)8-13(21(22,23)24)28(14)27-12/h8-9H,5-7H2,1-4H3,(H,26,29). The van der Waals surface area contributed by atoms with Gasteiger partial charge in [0.15, 0.2) is 11.3 Å². The molecule has 0 unspecified atom stereocenters. The molecule has 3 aromatic heterocycles. The Labute approximate surface area is 195 Å². The second-order valence-corrected chi connectivity index (χ2v) is 8.17. The molecule has 0 saturated carbocycles. The summed E-state index contributed by atoms with van der Waals surface area (Å²) in [4.78, 5) is 41.9. The largest absolute Gasteiger partial charge is 0.462 e. The molecule has 0 aliphatic heterocycles. The maximum atomic E-state index is 13.4. The molecule has 3 rings (SSSR count). The predicted octanol–water partition coefficient (Wildman–Crippen LogP) is 4.42. The van der Waals surface area contributed by atoms with Crippen molar-refractivity contribution >= 4 is 39.8 Å². The Balaban J connectivity index is 2.02. The highest BCUT2D eigenvalue weighted by atomic mass is 32.1. The molecule has 0 bridgehead atoms. The molecule has 0 atom stereocenters. The number of fused-ring (bicyclic) bond motifs is 1. The first-order valence-corrected chi connectivity index (χ1v) is 11.0. The van der Waals surface area contributed by atoms with Gasteiger partial charge in [0, 0.05) is 11.8 Å². The molecule has 0 aliphatic carbocycles. The van der Waals surface area contributed by atoms with Gasteiger partial charge < -0.3 is 14.8 Å². The van der Waals surface area contributed by atoms with Crippen molar-refractivity contribution in [1.29, 1.82) is 0 Å². The molecule has 3 aromatic rings. The number of halogens is 3. The van der Waals surface area contributed by atoms with E-state index in [2.05, 4.69) is 15.4 Å². The van der Waals surface area contributed by atoms with E-state index in [0.29, 0.717) is 10.9 Å². The van der Waals surface area contributed by atoms with E-state index in [0.717, 1.165) is 23.5 Å². The number of rotatable bonds is 7. The first kappa shape index (κ1) is 25.1. The number of aromatic nitrogens is 3. The normalized spacial score (nSPS) is 11.5. The summed E-state index contributed by atoms with van der Waals surface area (Å²) >= 11 is 0.798. The van der Waals surface area contributed by atoms with Crippen molar-refractivity contribution in [3.05, 3.63) is 45.2 Å². The fourth-order valence-corrected chi connectivity index (χ4v) is 4.17. The lowest BCUT2D eigenvalue weighted by Crippen LogP contribution is -2.17. The molecule has 3 heterocycles. The topological polar surface area (TPSA) is 112 Å². The maximum Gasteiger partial charge on any atom is 0.433 e. The molecular weight excluding hydrogens is 477 g/mol. The fraction of sp³-hybridized carbons (Fsp3) is 0.381. The fourth-order valence-electron chi connectivity index (χ4n) is 3.09. The minimum atomic E-state index is -4.72. The van der Waals surface area contributed by atoms with Gasteiger partial charge in [0.25, 0.3) is 5.91 Å². The van der Waals surface area contributed by atoms with Gasteiger partial charge in [-0.3, -0.25) is 4.79 Å². The summed E-state index contributed by atoms with van der Waals surface area (Å²) in [6.07, 6.45) is -4.17. The van der Waals surface area contributed by atoms with Crippen LogP contribution in [0.5, 0.6) is 0 Å². The molecule has 1 amide bonds. The molecule has 0 spiro atoms. The van der Waals surface area contributed by atoms with Crippen LogP contribution in [0.25, 0.3) is 5.65 Å². The minimum Gasteiger partial charge on any atom is -0.462 e. The molecule has 0 saturated heterocycles. The number of hydrogen-bond donors (Lipinski definition) is 1. The van der Waals surface area contributed by atoms with Gasteiger partial charge in [-0.25, -0.2) is 19.1 Å². The quantitative estimate of drug-likeness (QED) is 0.480. The number of esters is 2. The number of carbonyl (C=O) groups is 3. The molecule has 13 heteroatoms. The molecule has 182 valence electrons. The van der Waals surface area contributed by atoms with Gasteiger partial charge in [-0.2, -0.15) is 18.3 Å². The van der Waals surface area contributed by atoms with E-state index in [4.69, 9.17) is 9.47 Å². The summed E-state index contributed by atoms with van der Waals surface area (Å²) in [5.41, 5.74) is -1.31. The lowest BCUT2D eigenvalue weighted by molar-refractivity contribution is -0.142. The van der Waals surface area contributed by atoms with E-state index in [1.807, 2.05) is 0 Å². The Morgan fingerprint density at radius 2 is 1.82 bits per heavy atom. The van der Waals surface area contributed by atoms with Crippen molar-refractivity contribution in [1.82, 2.24) is 14.6 Å². The smallest absolute Gasteiger partial charge is 0.433 e. The second-order valence-electron chi connectivity index (χ2n) is 7.15. The predicted molar refractivity (Wildman–Crippen MR) is 116 cm³/mol. The maximum absolute atomic E-state index is 13.4. The van der Waals surface area contributed by atoms with Crippen molar-refractivity contribution < 1.29 is 37.0 Å². The number of alkyl halides is 3. The van der Waals surface area contributed by atoms with E-state index >= 15 is 0 Å². The molecule has 1 N–H and O–H groups in total. The monoisotopic (exact) mass is 498 g/mol. The summed E-state index contributed by atoms with van der Waals surface area (Å²) in [5, 5.41) is 6.21. The van der Waals surface area contributed by atoms with Crippen molar-refractivity contribution in [2.45, 2.75) is 40.3 Å². The molecule has 34 heavy (non-hydrogen) atoms. The van der Waals surface area contributed by atoms with Crippen molar-refractivity contribution in [3.63, 3.8) is 0 Å². The average Bonchev–Trinajstić information content (AvgIpc) is 3.32. The highest BCUT2D eigenvalue weighted by Crippen LogP contribution is 2.35. The van der Waals surface area contributed by atoms with Gasteiger partial charge in [0.05, 0.1) is 18.8 Å². The van der Waals surface area contributed by atoms with Crippen LogP contribution >= 0.6 is 11.3 Å². The zero-order chi connectivity index (χ0) is 25.2. The van der Waals surface area contributed by atoms with Crippen molar-refractivity contribution in [3.8, 4) is 0 Å². The highest BCUT2D eigenvalue weighted by molar-refractivity contribution is 7.18. The van der Waals surface area contributed by atoms with Crippen LogP contribution in [-0.4, -0.2) is 45.7 Å². The van der Waals surface area contributed by atoms with Crippen LogP contribution in [0.15, 0.2) is 12.1 Å². The Bertz CT molecular complexity index is 1270. The lowest BCUT2D eigenvalue weighted by Gasteiger charge is -2.09. The first-order valence-electron chi connectivity index (χ1n) is 10.2. The van der Waals surface area contributed by atoms with Crippen LogP contribution < -0.4 is 5.32 Å². The van der Waals surface area contributed by atoms with E-state index in [9.17, 15) is 27.6 Å². The van der Waals surface area contributed by atoms with Crippen LogP contribution in [0.4, 0.5) is 18.2 Å². The van der Waals surface area contributed by atoms with E-state index < -0.39 is 29.7 Å². The van der Waals surface area contributed by atoms with Gasteiger partial charge in [-0.15, -0.1) is 11.3 Å². The zero-order valence-corrected chi connectivity index (χ0v) is 19.5. The summed E-state index contributed by atoms with van der Waals surface area (Å²) in [6, 6.07) is 1.91. The summed E-state index contributed by atoms with van der Waals surface area (Å²) in [5.74, 6) is -2.33. The van der Waals surface area contributed by atoms with Gasteiger partial charge in [-0.05, 0) is 38.8 Å². The number of nitrogens with one attached hydrogen (secondary N) is 1. The van der Waals surface area contributed by atoms with Gasteiger partial charge in [0.1, 0.15) is 15.6 Å². The zero-order valence-electron chi connectivity index (χ0n) is 18.7. The average molecular weight is 498 g/mol. The summed E-state index contributed by atoms with van der Waals surface area (Å²) < 4.78 is 50.9. The highest BCUT2D eigenvalue weighted by Gasteiger charge is 2.35. The first-order chi connectivity index (χ1) is 16.0. The second kappa shape index (κ2) is 9.79. The third-order valence-electron chi connectivity index (χ3n) is 4.55. The summed E-state index contributed by atoms with van der Waals surface area (Å²) in [6.45, 7) is 6.54. The van der Waals surface area contributed by atoms with Crippen LogP contribution in [0.2, 0.25) is 0 Å². The Morgan fingerprint density at radius 3 is 2.44 bits per heavy atom. The van der Waals surface area contributed by atoms with Gasteiger partial charge in [0.2, 0.25) is 0 Å². The van der Waals surface area contributed by atoms with E-state index in [-0.39, 0.29) is 51.3 Å². The van der Waals surface area contributed by atoms with Crippen LogP contribution in [0, 0.1) is 13.8 Å². The molecule has 9 nitrogen and oxygen atoms in total. The van der Waals surface area contributed by atoms with Crippen molar-refractivity contribution in [2.24, 2.45) is 0 Å².